The van der Waals surface area contributed by atoms with Crippen LogP contribution in [0, 0.1) is 6.92 Å². The molecule has 1 N–H and O–H groups in total. The fourth-order valence-corrected chi connectivity index (χ4v) is 2.15. The average molecular weight is 234 g/mol. The van der Waals surface area contributed by atoms with Crippen LogP contribution >= 0.6 is 0 Å². The van der Waals surface area contributed by atoms with Gasteiger partial charge in [-0.1, -0.05) is 13.8 Å². The molecule has 0 unspecified atom stereocenters. The van der Waals surface area contributed by atoms with Crippen LogP contribution in [-0.4, -0.2) is 40.0 Å². The van der Waals surface area contributed by atoms with Crippen LogP contribution in [0.5, 0.6) is 0 Å². The number of likely N-dealkylation sites (N-methyl/N-ethyl adjacent to an activating group) is 1. The van der Waals surface area contributed by atoms with Crippen LogP contribution in [0.25, 0.3) is 0 Å². The molecule has 1 aromatic heterocycles. The SMILES string of the molecule is CCN(CC)CC1(Nc2ccnc(C)n2)CC1. The lowest BCUT2D eigenvalue weighted by Crippen LogP contribution is -2.38. The minimum absolute atomic E-state index is 0.257. The highest BCUT2D eigenvalue weighted by Crippen LogP contribution is 2.39. The van der Waals surface area contributed by atoms with E-state index in [9.17, 15) is 0 Å². The largest absolute Gasteiger partial charge is 0.363 e. The van der Waals surface area contributed by atoms with Crippen LogP contribution in [0.3, 0.4) is 0 Å². The van der Waals surface area contributed by atoms with Gasteiger partial charge in [-0.25, -0.2) is 9.97 Å². The van der Waals surface area contributed by atoms with E-state index in [4.69, 9.17) is 0 Å². The third-order valence-corrected chi connectivity index (χ3v) is 3.44. The highest BCUT2D eigenvalue weighted by atomic mass is 15.2. The summed E-state index contributed by atoms with van der Waals surface area (Å²) in [6.07, 6.45) is 4.30. The van der Waals surface area contributed by atoms with Crippen molar-refractivity contribution >= 4 is 5.82 Å². The molecule has 1 saturated carbocycles. The van der Waals surface area contributed by atoms with Crippen LogP contribution < -0.4 is 5.32 Å². The summed E-state index contributed by atoms with van der Waals surface area (Å²) in [5.74, 6) is 1.79. The van der Waals surface area contributed by atoms with Crippen LogP contribution in [0.2, 0.25) is 0 Å². The molecule has 1 fully saturated rings. The predicted octanol–water partition coefficient (Wildman–Crippen LogP) is 2.07. The molecule has 17 heavy (non-hydrogen) atoms. The van der Waals surface area contributed by atoms with Crippen molar-refractivity contribution in [1.29, 1.82) is 0 Å². The fourth-order valence-electron chi connectivity index (χ4n) is 2.15. The molecule has 1 aliphatic carbocycles. The number of rotatable bonds is 6. The minimum Gasteiger partial charge on any atom is -0.363 e. The van der Waals surface area contributed by atoms with Crippen molar-refractivity contribution in [2.75, 3.05) is 25.0 Å². The van der Waals surface area contributed by atoms with E-state index in [-0.39, 0.29) is 5.54 Å². The maximum Gasteiger partial charge on any atom is 0.130 e. The summed E-state index contributed by atoms with van der Waals surface area (Å²) in [5.41, 5.74) is 0.257. The molecule has 0 spiro atoms. The van der Waals surface area contributed by atoms with Gasteiger partial charge in [0, 0.05) is 12.7 Å². The van der Waals surface area contributed by atoms with Gasteiger partial charge in [0.2, 0.25) is 0 Å². The van der Waals surface area contributed by atoms with Crippen molar-refractivity contribution in [2.24, 2.45) is 0 Å². The summed E-state index contributed by atoms with van der Waals surface area (Å²) in [6.45, 7) is 9.70. The lowest BCUT2D eigenvalue weighted by molar-refractivity contribution is 0.283. The number of aryl methyl sites for hydroxylation is 1. The molecule has 0 atom stereocenters. The normalized spacial score (nSPS) is 17.2. The Morgan fingerprint density at radius 1 is 1.35 bits per heavy atom. The monoisotopic (exact) mass is 234 g/mol. The second kappa shape index (κ2) is 5.00. The Morgan fingerprint density at radius 2 is 2.06 bits per heavy atom. The molecule has 4 nitrogen and oxygen atoms in total. The number of nitrogens with zero attached hydrogens (tertiary/aromatic N) is 3. The molecular weight excluding hydrogens is 212 g/mol. The van der Waals surface area contributed by atoms with E-state index in [0.29, 0.717) is 0 Å². The molecule has 0 saturated heterocycles. The van der Waals surface area contributed by atoms with Crippen molar-refractivity contribution < 1.29 is 0 Å². The molecule has 1 heterocycles. The summed E-state index contributed by atoms with van der Waals surface area (Å²) in [6, 6.07) is 1.95. The number of anilines is 1. The molecular formula is C13H22N4. The maximum atomic E-state index is 4.42. The highest BCUT2D eigenvalue weighted by Gasteiger charge is 2.43. The van der Waals surface area contributed by atoms with Crippen LogP contribution in [0.1, 0.15) is 32.5 Å². The van der Waals surface area contributed by atoms with Gasteiger partial charge < -0.3 is 10.2 Å². The molecule has 1 aromatic rings. The van der Waals surface area contributed by atoms with Gasteiger partial charge >= 0.3 is 0 Å². The zero-order valence-corrected chi connectivity index (χ0v) is 11.0. The third-order valence-electron chi connectivity index (χ3n) is 3.44. The Kier molecular flexibility index (Phi) is 3.62. The number of nitrogens with one attached hydrogen (secondary N) is 1. The van der Waals surface area contributed by atoms with Crippen LogP contribution in [-0.2, 0) is 0 Å². The average Bonchev–Trinajstić information content (AvgIpc) is 3.06. The van der Waals surface area contributed by atoms with Crippen molar-refractivity contribution in [1.82, 2.24) is 14.9 Å². The van der Waals surface area contributed by atoms with Gasteiger partial charge in [-0.15, -0.1) is 0 Å². The fraction of sp³-hybridized carbons (Fsp3) is 0.692. The third kappa shape index (κ3) is 3.16. The van der Waals surface area contributed by atoms with Crippen molar-refractivity contribution in [3.63, 3.8) is 0 Å². The smallest absolute Gasteiger partial charge is 0.130 e. The maximum absolute atomic E-state index is 4.42. The standard InChI is InChI=1S/C13H22N4/c1-4-17(5-2)10-13(7-8-13)16-12-6-9-14-11(3)15-12/h6,9H,4-5,7-8,10H2,1-3H3,(H,14,15,16). The van der Waals surface area contributed by atoms with Gasteiger partial charge in [0.15, 0.2) is 0 Å². The van der Waals surface area contributed by atoms with Crippen molar-refractivity contribution in [3.05, 3.63) is 18.1 Å². The Bertz CT molecular complexity index is 369. The van der Waals surface area contributed by atoms with Gasteiger partial charge in [0.25, 0.3) is 0 Å². The lowest BCUT2D eigenvalue weighted by atomic mass is 10.2. The molecule has 94 valence electrons. The Labute approximate surface area is 103 Å². The van der Waals surface area contributed by atoms with Crippen LogP contribution in [0.15, 0.2) is 12.3 Å². The summed E-state index contributed by atoms with van der Waals surface area (Å²) in [7, 11) is 0. The Morgan fingerprint density at radius 3 is 2.59 bits per heavy atom. The summed E-state index contributed by atoms with van der Waals surface area (Å²) < 4.78 is 0. The molecule has 0 amide bonds. The molecule has 0 aromatic carbocycles. The molecule has 1 aliphatic rings. The first kappa shape index (κ1) is 12.3. The minimum atomic E-state index is 0.257. The molecule has 0 radical (unpaired) electrons. The molecule has 2 rings (SSSR count). The molecule has 4 heteroatoms. The van der Waals surface area contributed by atoms with Crippen LogP contribution in [0.4, 0.5) is 5.82 Å². The summed E-state index contributed by atoms with van der Waals surface area (Å²) in [5, 5.41) is 3.58. The predicted molar refractivity (Wildman–Crippen MR) is 70.1 cm³/mol. The Balaban J connectivity index is 1.98. The quantitative estimate of drug-likeness (QED) is 0.818. The van der Waals surface area contributed by atoms with Crippen molar-refractivity contribution in [2.45, 2.75) is 39.2 Å². The second-order valence-corrected chi connectivity index (χ2v) is 4.86. The molecule has 0 aliphatic heterocycles. The number of aromatic nitrogens is 2. The van der Waals surface area contributed by atoms with Gasteiger partial charge in [0.1, 0.15) is 11.6 Å². The Hall–Kier alpha value is -1.16. The molecule has 0 bridgehead atoms. The topological polar surface area (TPSA) is 41.0 Å². The first-order valence-electron chi connectivity index (χ1n) is 6.47. The van der Waals surface area contributed by atoms with Crippen molar-refractivity contribution in [3.8, 4) is 0 Å². The van der Waals surface area contributed by atoms with E-state index in [1.807, 2.05) is 19.2 Å². The summed E-state index contributed by atoms with van der Waals surface area (Å²) >= 11 is 0. The zero-order chi connectivity index (χ0) is 12.3. The van der Waals surface area contributed by atoms with Gasteiger partial charge in [-0.2, -0.15) is 0 Å². The first-order chi connectivity index (χ1) is 8.17. The van der Waals surface area contributed by atoms with E-state index in [1.165, 1.54) is 12.8 Å². The number of hydrogen-bond acceptors (Lipinski definition) is 4. The van der Waals surface area contributed by atoms with E-state index >= 15 is 0 Å². The summed E-state index contributed by atoms with van der Waals surface area (Å²) in [4.78, 5) is 11.0. The van der Waals surface area contributed by atoms with E-state index in [0.717, 1.165) is 31.3 Å². The lowest BCUT2D eigenvalue weighted by Gasteiger charge is -2.26. The first-order valence-corrected chi connectivity index (χ1v) is 6.47. The van der Waals surface area contributed by atoms with E-state index < -0.39 is 0 Å². The second-order valence-electron chi connectivity index (χ2n) is 4.86. The highest BCUT2D eigenvalue weighted by molar-refractivity contribution is 5.40. The van der Waals surface area contributed by atoms with Gasteiger partial charge in [0.05, 0.1) is 5.54 Å². The zero-order valence-electron chi connectivity index (χ0n) is 11.0. The van der Waals surface area contributed by atoms with Gasteiger partial charge in [-0.05, 0) is 38.9 Å². The van der Waals surface area contributed by atoms with E-state index in [1.54, 1.807) is 0 Å². The number of hydrogen-bond donors (Lipinski definition) is 1. The van der Waals surface area contributed by atoms with Gasteiger partial charge in [-0.3, -0.25) is 0 Å². The van der Waals surface area contributed by atoms with E-state index in [2.05, 4.69) is 34.0 Å².